The summed E-state index contributed by atoms with van der Waals surface area (Å²) in [4.78, 5) is 33.2. The van der Waals surface area contributed by atoms with E-state index >= 15 is 0 Å². The Balaban J connectivity index is -0.000000138. The van der Waals surface area contributed by atoms with Gasteiger partial charge in [-0.2, -0.15) is 0 Å². The molecule has 0 fully saturated rings. The fraction of sp³-hybridized carbons (Fsp3) is 0.907. The average Bonchev–Trinajstić information content (AvgIpc) is 3.04. The van der Waals surface area contributed by atoms with Crippen molar-refractivity contribution in [2.24, 2.45) is 71.0 Å². The van der Waals surface area contributed by atoms with Crippen LogP contribution in [0.3, 0.4) is 0 Å². The lowest BCUT2D eigenvalue weighted by molar-refractivity contribution is -0.123. The van der Waals surface area contributed by atoms with Crippen LogP contribution in [0.15, 0.2) is 12.2 Å². The Morgan fingerprint density at radius 1 is 0.298 bits per heavy atom. The Morgan fingerprint density at radius 2 is 0.596 bits per heavy atom. The molecule has 0 saturated carbocycles. The first-order valence-electron chi connectivity index (χ1n) is 24.2. The summed E-state index contributed by atoms with van der Waals surface area (Å²) in [5, 5.41) is 0. The molecular weight excluding hydrogens is 697 g/mol. The van der Waals surface area contributed by atoms with Gasteiger partial charge in [-0.05, 0) is 72.5 Å². The first-order valence-corrected chi connectivity index (χ1v) is 24.2. The van der Waals surface area contributed by atoms with Crippen LogP contribution in [0.25, 0.3) is 0 Å². The molecule has 0 radical (unpaired) electrons. The number of rotatable bonds is 23. The van der Waals surface area contributed by atoms with Crippen molar-refractivity contribution in [3.05, 3.63) is 12.2 Å². The predicted molar refractivity (Wildman–Crippen MR) is 262 cm³/mol. The van der Waals surface area contributed by atoms with Crippen molar-refractivity contribution >= 4 is 17.3 Å². The van der Waals surface area contributed by atoms with E-state index in [9.17, 15) is 14.4 Å². The molecule has 0 aliphatic heterocycles. The van der Waals surface area contributed by atoms with Crippen LogP contribution in [0, 0.1) is 71.0 Å². The van der Waals surface area contributed by atoms with Crippen molar-refractivity contribution < 1.29 is 14.4 Å². The van der Waals surface area contributed by atoms with Gasteiger partial charge >= 0.3 is 0 Å². The van der Waals surface area contributed by atoms with Gasteiger partial charge in [0.15, 0.2) is 0 Å². The number of hydrogen-bond donors (Lipinski definition) is 0. The Hall–Kier alpha value is -1.25. The van der Waals surface area contributed by atoms with Crippen molar-refractivity contribution in [3.8, 4) is 0 Å². The topological polar surface area (TPSA) is 51.2 Å². The van der Waals surface area contributed by atoms with Gasteiger partial charge in [0.1, 0.15) is 17.3 Å². The smallest absolute Gasteiger partial charge is 0.135 e. The molecule has 0 aromatic rings. The van der Waals surface area contributed by atoms with E-state index in [-0.39, 0.29) is 17.8 Å². The number of ketones is 3. The monoisotopic (exact) mass is 809 g/mol. The first kappa shape index (κ1) is 67.5. The number of allylic oxidation sites excluding steroid dienone is 1. The Kier molecular flexibility index (Phi) is 52.5. The molecule has 3 heteroatoms. The molecule has 0 N–H and O–H groups in total. The highest BCUT2D eigenvalue weighted by atomic mass is 16.1. The van der Waals surface area contributed by atoms with E-state index in [2.05, 4.69) is 131 Å². The highest BCUT2D eigenvalue weighted by Gasteiger charge is 2.09. The van der Waals surface area contributed by atoms with Gasteiger partial charge in [0.25, 0.3) is 0 Å². The Morgan fingerprint density at radius 3 is 0.825 bits per heavy atom. The van der Waals surface area contributed by atoms with Crippen LogP contribution >= 0.6 is 0 Å². The third-order valence-corrected chi connectivity index (χ3v) is 9.34. The summed E-state index contributed by atoms with van der Waals surface area (Å²) in [6.45, 7) is 55.8. The molecule has 0 spiro atoms. The van der Waals surface area contributed by atoms with Crippen LogP contribution in [0.4, 0.5) is 0 Å². The fourth-order valence-electron chi connectivity index (χ4n) is 4.86. The van der Waals surface area contributed by atoms with Crippen LogP contribution < -0.4 is 0 Å². The lowest BCUT2D eigenvalue weighted by Gasteiger charge is -2.10. The molecule has 3 nitrogen and oxygen atoms in total. The van der Waals surface area contributed by atoms with Crippen molar-refractivity contribution in [1.29, 1.82) is 0 Å². The third kappa shape index (κ3) is 72.8. The van der Waals surface area contributed by atoms with E-state index in [4.69, 9.17) is 0 Å². The quantitative estimate of drug-likeness (QED) is 0.0763. The van der Waals surface area contributed by atoms with Gasteiger partial charge in [0.2, 0.25) is 0 Å². The van der Waals surface area contributed by atoms with Gasteiger partial charge in [-0.15, -0.1) is 0 Å². The van der Waals surface area contributed by atoms with E-state index in [1.54, 1.807) is 0 Å². The van der Waals surface area contributed by atoms with Gasteiger partial charge in [-0.25, -0.2) is 0 Å². The summed E-state index contributed by atoms with van der Waals surface area (Å²) < 4.78 is 0. The largest absolute Gasteiger partial charge is 0.299 e. The van der Waals surface area contributed by atoms with Gasteiger partial charge in [-0.1, -0.05) is 223 Å². The van der Waals surface area contributed by atoms with Crippen LogP contribution in [0.5, 0.6) is 0 Å². The highest BCUT2D eigenvalue weighted by molar-refractivity contribution is 5.81. The third-order valence-electron chi connectivity index (χ3n) is 9.34. The second-order valence-electron chi connectivity index (χ2n) is 21.5. The molecule has 0 aliphatic rings. The number of hydrogen-bond acceptors (Lipinski definition) is 3. The van der Waals surface area contributed by atoms with E-state index in [0.29, 0.717) is 35.1 Å². The molecule has 0 unspecified atom stereocenters. The Bertz CT molecular complexity index is 839. The molecule has 0 saturated heterocycles. The Labute approximate surface area is 363 Å². The second-order valence-corrected chi connectivity index (χ2v) is 21.5. The summed E-state index contributed by atoms with van der Waals surface area (Å²) in [6.07, 6.45) is 15.0. The first-order chi connectivity index (χ1) is 25.9. The van der Waals surface area contributed by atoms with Crippen molar-refractivity contribution in [3.63, 3.8) is 0 Å². The average molecular weight is 809 g/mol. The lowest BCUT2D eigenvalue weighted by atomic mass is 9.96. The van der Waals surface area contributed by atoms with Crippen LogP contribution in [0.1, 0.15) is 250 Å². The molecule has 346 valence electrons. The van der Waals surface area contributed by atoms with Crippen molar-refractivity contribution in [2.75, 3.05) is 0 Å². The summed E-state index contributed by atoms with van der Waals surface area (Å²) in [5.74, 6) is 8.78. The van der Waals surface area contributed by atoms with E-state index in [0.717, 1.165) is 67.6 Å². The molecule has 0 aromatic carbocycles. The minimum absolute atomic E-state index is 0.215. The lowest BCUT2D eigenvalue weighted by Crippen LogP contribution is -2.09. The standard InChI is InChI=1S/C11H22O.C9H18O.C9H18.C9H20.C8H16O.C8H18/c1-9(2)7-5-6-8-11(12)10(3)4;1-7(2)5-6-9(10)8(3)4;1-7(2)6-9(5)8(3)4;1-8(2)6-5-7-9(3)4;1-6(2)5-8(9)7(3)4;1-7(2)5-6-8(3)4/h9-10H,5-8H2,1-4H3;7-8H,5-6H2,1-4H3;7-8H,5-6H2,1-4H3;8-9H,5-7H2,1-4H3;6-7H,5H2,1-4H3;7-8H,5-6H2,1-4H3. The van der Waals surface area contributed by atoms with E-state index in [1.807, 2.05) is 41.5 Å². The van der Waals surface area contributed by atoms with Crippen molar-refractivity contribution in [1.82, 2.24) is 0 Å². The molecule has 0 bridgehead atoms. The van der Waals surface area contributed by atoms with Gasteiger partial charge in [0, 0.05) is 37.0 Å². The number of unbranched alkanes of at least 4 members (excludes halogenated alkanes) is 1. The normalized spacial score (nSPS) is 11.1. The second kappa shape index (κ2) is 44.3. The number of Topliss-reactive ketones (excluding diaryl/α,β-unsaturated/α-hetero) is 3. The zero-order valence-electron chi connectivity index (χ0n) is 44.1. The number of carbonyl (C=O) groups is 3. The molecule has 0 aliphatic carbocycles. The molecule has 0 atom stereocenters. The zero-order chi connectivity index (χ0) is 46.4. The van der Waals surface area contributed by atoms with Crippen molar-refractivity contribution in [2.45, 2.75) is 250 Å². The zero-order valence-corrected chi connectivity index (χ0v) is 44.1. The molecule has 57 heavy (non-hydrogen) atoms. The fourth-order valence-corrected chi connectivity index (χ4v) is 4.86. The maximum absolute atomic E-state index is 11.2. The molecule has 0 amide bonds. The van der Waals surface area contributed by atoms with Gasteiger partial charge in [0.05, 0.1) is 0 Å². The number of carbonyl (C=O) groups excluding carboxylic acids is 3. The minimum atomic E-state index is 0.215. The highest BCUT2D eigenvalue weighted by Crippen LogP contribution is 2.16. The summed E-state index contributed by atoms with van der Waals surface area (Å²) in [5.41, 5.74) is 1.38. The predicted octanol–water partition coefficient (Wildman–Crippen LogP) is 18.1. The van der Waals surface area contributed by atoms with E-state index in [1.165, 1.54) is 56.9 Å². The summed E-state index contributed by atoms with van der Waals surface area (Å²) in [6, 6.07) is 0. The molecule has 0 heterocycles. The summed E-state index contributed by atoms with van der Waals surface area (Å²) in [7, 11) is 0. The molecule has 0 aromatic heterocycles. The summed E-state index contributed by atoms with van der Waals surface area (Å²) >= 11 is 0. The maximum Gasteiger partial charge on any atom is 0.135 e. The molecule has 0 rings (SSSR count). The van der Waals surface area contributed by atoms with Gasteiger partial charge in [-0.3, -0.25) is 14.4 Å². The van der Waals surface area contributed by atoms with E-state index < -0.39 is 0 Å². The minimum Gasteiger partial charge on any atom is -0.299 e. The molecular formula is C54H112O3. The van der Waals surface area contributed by atoms with Crippen LogP contribution in [-0.2, 0) is 14.4 Å². The SMILES string of the molecule is C=C(CC(C)C)C(C)C.CC(C)CC(=O)C(C)C.CC(C)CCC(=O)C(C)C.CC(C)CCC(C)C.CC(C)CCCC(C)C.CC(C)CCCCC(=O)C(C)C. The maximum atomic E-state index is 11.2. The van der Waals surface area contributed by atoms with Crippen LogP contribution in [0.2, 0.25) is 0 Å². The van der Waals surface area contributed by atoms with Crippen LogP contribution in [-0.4, -0.2) is 17.3 Å². The van der Waals surface area contributed by atoms with Gasteiger partial charge < -0.3 is 0 Å².